The predicted octanol–water partition coefficient (Wildman–Crippen LogP) is 4.16. The van der Waals surface area contributed by atoms with Crippen molar-refractivity contribution in [2.75, 3.05) is 0 Å². The van der Waals surface area contributed by atoms with Crippen LogP contribution in [-0.2, 0) is 4.79 Å². The van der Waals surface area contributed by atoms with E-state index >= 15 is 0 Å². The molecule has 20 heavy (non-hydrogen) atoms. The van der Waals surface area contributed by atoms with Crippen LogP contribution in [-0.4, -0.2) is 5.78 Å². The molecule has 1 atom stereocenters. The summed E-state index contributed by atoms with van der Waals surface area (Å²) in [5.74, 6) is -0.590. The zero-order chi connectivity index (χ0) is 15.3. The van der Waals surface area contributed by atoms with Gasteiger partial charge < -0.3 is 0 Å². The molecule has 1 saturated carbocycles. The number of hydrogen-bond donors (Lipinski definition) is 0. The summed E-state index contributed by atoms with van der Waals surface area (Å²) in [6.45, 7) is 12.5. The van der Waals surface area contributed by atoms with Crippen molar-refractivity contribution in [3.05, 3.63) is 34.9 Å². The number of aryl methyl sites for hydroxylation is 2. The molecule has 1 aliphatic carbocycles. The average molecular weight is 269 g/mol. The monoisotopic (exact) mass is 269 g/mol. The molecular formula is C18H23NO. The molecule has 0 aliphatic heterocycles. The maximum atomic E-state index is 12.7. The van der Waals surface area contributed by atoms with E-state index in [0.29, 0.717) is 0 Å². The van der Waals surface area contributed by atoms with E-state index in [4.69, 9.17) is 0 Å². The summed E-state index contributed by atoms with van der Waals surface area (Å²) in [5.41, 5.74) is 3.12. The Labute approximate surface area is 121 Å². The largest absolute Gasteiger partial charge is 0.297 e. The Balaban J connectivity index is 2.33. The van der Waals surface area contributed by atoms with Crippen LogP contribution in [0.5, 0.6) is 0 Å². The highest BCUT2D eigenvalue weighted by Gasteiger charge is 2.68. The molecule has 0 heterocycles. The summed E-state index contributed by atoms with van der Waals surface area (Å²) in [7, 11) is 0. The second kappa shape index (κ2) is 4.45. The Morgan fingerprint density at radius 2 is 1.70 bits per heavy atom. The second-order valence-corrected chi connectivity index (χ2v) is 7.18. The molecule has 1 aromatic carbocycles. The molecule has 1 unspecified atom stereocenters. The third-order valence-corrected chi connectivity index (χ3v) is 5.58. The number of carbonyl (C=O) groups is 1. The van der Waals surface area contributed by atoms with Gasteiger partial charge in [0.1, 0.15) is 5.92 Å². The van der Waals surface area contributed by atoms with Crippen molar-refractivity contribution in [2.45, 2.75) is 47.5 Å². The Morgan fingerprint density at radius 1 is 1.15 bits per heavy atom. The van der Waals surface area contributed by atoms with Crippen molar-refractivity contribution in [3.8, 4) is 6.07 Å². The Bertz CT molecular complexity index is 590. The van der Waals surface area contributed by atoms with Gasteiger partial charge in [0, 0.05) is 5.92 Å². The van der Waals surface area contributed by atoms with E-state index in [9.17, 15) is 10.1 Å². The standard InChI is InChI=1S/C18H23NO/c1-11-7-8-13(9-12(11)2)14(10-19)15(20)16-17(3,4)18(16,5)6/h7-9,14,16H,1-6H3. The smallest absolute Gasteiger partial charge is 0.158 e. The molecule has 0 N–H and O–H groups in total. The van der Waals surface area contributed by atoms with Crippen LogP contribution in [0, 0.1) is 41.9 Å². The van der Waals surface area contributed by atoms with E-state index in [1.165, 1.54) is 5.56 Å². The number of rotatable bonds is 3. The first-order valence-electron chi connectivity index (χ1n) is 7.15. The van der Waals surface area contributed by atoms with Crippen LogP contribution in [0.4, 0.5) is 0 Å². The number of ketones is 1. The molecule has 2 rings (SSSR count). The number of carbonyl (C=O) groups excluding carboxylic acids is 1. The van der Waals surface area contributed by atoms with Crippen LogP contribution in [0.15, 0.2) is 18.2 Å². The number of benzene rings is 1. The Morgan fingerprint density at radius 3 is 2.10 bits per heavy atom. The average Bonchev–Trinajstić information content (AvgIpc) is 2.75. The number of nitrogens with zero attached hydrogens (tertiary/aromatic N) is 1. The van der Waals surface area contributed by atoms with Crippen LogP contribution in [0.1, 0.15) is 50.3 Å². The first-order valence-corrected chi connectivity index (χ1v) is 7.15. The van der Waals surface area contributed by atoms with Crippen molar-refractivity contribution in [2.24, 2.45) is 16.7 Å². The predicted molar refractivity (Wildman–Crippen MR) is 80.3 cm³/mol. The highest BCUT2D eigenvalue weighted by atomic mass is 16.1. The van der Waals surface area contributed by atoms with Gasteiger partial charge in [0.2, 0.25) is 0 Å². The lowest BCUT2D eigenvalue weighted by molar-refractivity contribution is -0.121. The number of nitriles is 1. The lowest BCUT2D eigenvalue weighted by atomic mass is 9.89. The maximum Gasteiger partial charge on any atom is 0.158 e. The molecule has 1 aromatic rings. The zero-order valence-electron chi connectivity index (χ0n) is 13.2. The van der Waals surface area contributed by atoms with Gasteiger partial charge in [-0.25, -0.2) is 0 Å². The summed E-state index contributed by atoms with van der Waals surface area (Å²) in [6.07, 6.45) is 0. The molecule has 106 valence electrons. The molecule has 0 radical (unpaired) electrons. The third-order valence-electron chi connectivity index (χ3n) is 5.58. The van der Waals surface area contributed by atoms with Gasteiger partial charge in [-0.2, -0.15) is 5.26 Å². The lowest BCUT2D eigenvalue weighted by Gasteiger charge is -2.12. The van der Waals surface area contributed by atoms with E-state index in [2.05, 4.69) is 33.8 Å². The van der Waals surface area contributed by atoms with Gasteiger partial charge in [-0.15, -0.1) is 0 Å². The molecule has 2 nitrogen and oxygen atoms in total. The van der Waals surface area contributed by atoms with E-state index in [0.717, 1.165) is 11.1 Å². The van der Waals surface area contributed by atoms with Crippen molar-refractivity contribution in [3.63, 3.8) is 0 Å². The normalized spacial score (nSPS) is 21.1. The van der Waals surface area contributed by atoms with Gasteiger partial charge in [0.15, 0.2) is 5.78 Å². The van der Waals surface area contributed by atoms with E-state index in [1.807, 2.05) is 32.0 Å². The van der Waals surface area contributed by atoms with Crippen molar-refractivity contribution in [1.82, 2.24) is 0 Å². The molecule has 1 aliphatic rings. The van der Waals surface area contributed by atoms with Crippen molar-refractivity contribution >= 4 is 5.78 Å². The lowest BCUT2D eigenvalue weighted by Crippen LogP contribution is -2.16. The zero-order valence-corrected chi connectivity index (χ0v) is 13.2. The first kappa shape index (κ1) is 14.8. The Hall–Kier alpha value is -1.62. The van der Waals surface area contributed by atoms with Crippen LogP contribution in [0.25, 0.3) is 0 Å². The quantitative estimate of drug-likeness (QED) is 0.826. The SMILES string of the molecule is Cc1ccc(C(C#N)C(=O)C2C(C)(C)C2(C)C)cc1C. The maximum absolute atomic E-state index is 12.7. The molecular weight excluding hydrogens is 246 g/mol. The Kier molecular flexibility index (Phi) is 3.29. The number of Topliss-reactive ketones (excluding diaryl/α,β-unsaturated/α-hetero) is 1. The van der Waals surface area contributed by atoms with E-state index in [1.54, 1.807) is 0 Å². The summed E-state index contributed by atoms with van der Waals surface area (Å²) < 4.78 is 0. The fourth-order valence-corrected chi connectivity index (χ4v) is 3.32. The highest BCUT2D eigenvalue weighted by molar-refractivity contribution is 5.94. The molecule has 0 bridgehead atoms. The summed E-state index contributed by atoms with van der Waals surface area (Å²) in [5, 5.41) is 9.46. The fraction of sp³-hybridized carbons (Fsp3) is 0.556. The summed E-state index contributed by atoms with van der Waals surface area (Å²) in [4.78, 5) is 12.7. The molecule has 0 saturated heterocycles. The number of hydrogen-bond acceptors (Lipinski definition) is 2. The van der Waals surface area contributed by atoms with Crippen LogP contribution in [0.3, 0.4) is 0 Å². The van der Waals surface area contributed by atoms with Gasteiger partial charge >= 0.3 is 0 Å². The molecule has 0 amide bonds. The van der Waals surface area contributed by atoms with Gasteiger partial charge in [0.25, 0.3) is 0 Å². The van der Waals surface area contributed by atoms with E-state index < -0.39 is 5.92 Å². The topological polar surface area (TPSA) is 40.9 Å². The first-order chi connectivity index (χ1) is 9.14. The van der Waals surface area contributed by atoms with Gasteiger partial charge in [-0.3, -0.25) is 4.79 Å². The van der Waals surface area contributed by atoms with Gasteiger partial charge in [-0.05, 0) is 41.4 Å². The third kappa shape index (κ3) is 1.97. The summed E-state index contributed by atoms with van der Waals surface area (Å²) >= 11 is 0. The van der Waals surface area contributed by atoms with Gasteiger partial charge in [0.05, 0.1) is 6.07 Å². The minimum atomic E-state index is -0.639. The van der Waals surface area contributed by atoms with Crippen molar-refractivity contribution < 1.29 is 4.79 Å². The highest BCUT2D eigenvalue weighted by Crippen LogP contribution is 2.69. The fourth-order valence-electron chi connectivity index (χ4n) is 3.32. The van der Waals surface area contributed by atoms with Crippen molar-refractivity contribution in [1.29, 1.82) is 5.26 Å². The molecule has 0 spiro atoms. The minimum absolute atomic E-state index is 0.0150. The van der Waals surface area contributed by atoms with Crippen LogP contribution < -0.4 is 0 Å². The molecule has 1 fully saturated rings. The summed E-state index contributed by atoms with van der Waals surface area (Å²) in [6, 6.07) is 8.09. The van der Waals surface area contributed by atoms with Crippen LogP contribution in [0.2, 0.25) is 0 Å². The second-order valence-electron chi connectivity index (χ2n) is 7.18. The molecule has 0 aromatic heterocycles. The van der Waals surface area contributed by atoms with Gasteiger partial charge in [-0.1, -0.05) is 45.9 Å². The van der Waals surface area contributed by atoms with Crippen LogP contribution >= 0.6 is 0 Å². The van der Waals surface area contributed by atoms with E-state index in [-0.39, 0.29) is 22.5 Å². The minimum Gasteiger partial charge on any atom is -0.297 e. The molecule has 2 heteroatoms.